The molecule has 0 spiro atoms. The van der Waals surface area contributed by atoms with Crippen LogP contribution in [0, 0.1) is 159 Å². The highest BCUT2D eigenvalue weighted by Gasteiger charge is 2.31. The molecule has 6 aliphatic carbocycles. The Kier molecular flexibility index (Phi) is 19.6. The van der Waals surface area contributed by atoms with Gasteiger partial charge in [0.2, 0.25) is 0 Å². The highest BCUT2D eigenvalue weighted by Crippen LogP contribution is 2.49. The van der Waals surface area contributed by atoms with E-state index in [9.17, 15) is 0 Å². The van der Waals surface area contributed by atoms with Gasteiger partial charge in [-0.1, -0.05) is 84.9 Å². The van der Waals surface area contributed by atoms with E-state index in [4.69, 9.17) is 19.9 Å². The molecule has 0 aliphatic heterocycles. The van der Waals surface area contributed by atoms with Gasteiger partial charge >= 0.3 is 0 Å². The summed E-state index contributed by atoms with van der Waals surface area (Å²) in [7, 11) is 0. The highest BCUT2D eigenvalue weighted by molar-refractivity contribution is 5.93. The van der Waals surface area contributed by atoms with Crippen molar-refractivity contribution in [2.45, 2.75) is 198 Å². The summed E-state index contributed by atoms with van der Waals surface area (Å²) in [6.07, 6.45) is 9.83. The van der Waals surface area contributed by atoms with Gasteiger partial charge in [0, 0.05) is 106 Å². The quantitative estimate of drug-likeness (QED) is 0.151. The molecule has 15 aromatic rings. The third-order valence-electron chi connectivity index (χ3n) is 27.3. The highest BCUT2D eigenvalue weighted by atomic mass is 14.7. The number of aryl methyl sites for hydroxylation is 7. The second kappa shape index (κ2) is 29.3. The molecule has 113 heavy (non-hydrogen) atoms. The normalized spacial score (nSPS) is 12.5. The molecule has 0 atom stereocenters. The maximum absolute atomic E-state index is 4.87. The molecule has 21 rings (SSSR count). The van der Waals surface area contributed by atoms with Gasteiger partial charge in [-0.25, -0.2) is 0 Å². The molecule has 6 aliphatic rings. The zero-order chi connectivity index (χ0) is 79.8. The van der Waals surface area contributed by atoms with E-state index in [1.165, 1.54) is 273 Å². The van der Waals surface area contributed by atoms with Crippen molar-refractivity contribution in [2.75, 3.05) is 0 Å². The van der Waals surface area contributed by atoms with E-state index >= 15 is 0 Å². The number of benzene rings is 9. The first kappa shape index (κ1) is 75.7. The first-order chi connectivity index (χ1) is 54.0. The average Bonchev–Trinajstić information content (AvgIpc) is 1.63. The van der Waals surface area contributed by atoms with Crippen LogP contribution in [0.25, 0.3) is 99.5 Å². The van der Waals surface area contributed by atoms with Crippen molar-refractivity contribution in [3.8, 4) is 66.8 Å². The van der Waals surface area contributed by atoms with Crippen molar-refractivity contribution in [2.24, 2.45) is 0 Å². The SMILES string of the molecule is Cc1cc2c(c(C)c1C)-c1cc3ccccc3nc1C2.Cc1cc2c(c(C)c1C)Cc1nc3ccccc3cc1-2.Cc1cc2c(cc1C)-c1cc3ccccc3nc1C2.Cc1ccc2c(n1)Cc1c(C)c(C)c(C)c(C)c1-2.Cc1ccnc2c1-c1c(C)c(C)c(C)c(C)c1C2.Cc1cnc2c(c1)-c1c(C)c(C)c(C)c(C)c1C2. The Morgan fingerprint density at radius 3 is 1.21 bits per heavy atom. The molecule has 0 radical (unpaired) electrons. The van der Waals surface area contributed by atoms with Crippen molar-refractivity contribution < 1.29 is 0 Å². The number of nitrogens with zero attached hydrogens (tertiary/aromatic N) is 6. The van der Waals surface area contributed by atoms with Crippen molar-refractivity contribution >= 4 is 32.7 Å². The second-order valence-corrected chi connectivity index (χ2v) is 33.6. The Balaban J connectivity index is 0.000000102. The Hall–Kier alpha value is -11.3. The lowest BCUT2D eigenvalue weighted by Gasteiger charge is -2.16. The Labute approximate surface area is 670 Å². The Morgan fingerprint density at radius 2 is 0.619 bits per heavy atom. The zero-order valence-corrected chi connectivity index (χ0v) is 70.9. The molecule has 6 aromatic heterocycles. The van der Waals surface area contributed by atoms with Gasteiger partial charge in [-0.05, 0) is 403 Å². The van der Waals surface area contributed by atoms with Crippen molar-refractivity contribution in [1.29, 1.82) is 0 Å². The van der Waals surface area contributed by atoms with Crippen LogP contribution in [0.5, 0.6) is 0 Å². The zero-order valence-electron chi connectivity index (χ0n) is 70.9. The molecule has 6 heterocycles. The number of hydrogen-bond acceptors (Lipinski definition) is 6. The third kappa shape index (κ3) is 13.1. The standard InChI is InChI=1S/2C19H17N.C18H15N.3C17H19N/c1-11-8-16-15(13(3)12(11)2)10-19-17(16)9-14-6-4-5-7-18(14)20-19;1-11-8-15-10-18-16(19(15)13(3)12(11)2)9-14-6-4-5-7-17(14)20-18;1-11-7-14-10-18-16(15(14)8-12(11)2)9-13-5-3-4-6-17(13)19-18;1-9-6-15-16(18-8-9)7-14-12(4)10(2)11(3)13(5)17(14)15;1-9-6-7-18-15-8-14-12(4)10(2)11(3)13(5)17(14)16(9)15;1-9-6-7-14-16(18-9)8-15-12(4)10(2)11(3)13(5)17(14)15/h2*4-9H,10H2,1-3H3;3-9H,10H2,1-2H3;6,8H,7H2,1-5H3;2*6-7H,8H2,1-5H3. The molecule has 564 valence electrons. The lowest BCUT2D eigenvalue weighted by Crippen LogP contribution is -1.98. The monoisotopic (exact) mass is 1470 g/mol. The predicted molar refractivity (Wildman–Crippen MR) is 476 cm³/mol. The Bertz CT molecular complexity index is 6570. The van der Waals surface area contributed by atoms with Gasteiger partial charge in [0.1, 0.15) is 0 Å². The van der Waals surface area contributed by atoms with Crippen LogP contribution in [-0.2, 0) is 38.5 Å². The molecule has 0 saturated carbocycles. The van der Waals surface area contributed by atoms with Crippen molar-refractivity contribution in [1.82, 2.24) is 29.9 Å². The molecular formula is C107H106N6. The van der Waals surface area contributed by atoms with Crippen LogP contribution in [-0.4, -0.2) is 29.9 Å². The summed E-state index contributed by atoms with van der Waals surface area (Å²) in [5.41, 5.74) is 68.2. The molecule has 0 N–H and O–H groups in total. The average molecular weight is 1480 g/mol. The summed E-state index contributed by atoms with van der Waals surface area (Å²) in [6.45, 7) is 51.0. The lowest BCUT2D eigenvalue weighted by atomic mass is 9.88. The largest absolute Gasteiger partial charge is 0.260 e. The van der Waals surface area contributed by atoms with Gasteiger partial charge in [-0.15, -0.1) is 0 Å². The summed E-state index contributed by atoms with van der Waals surface area (Å²) >= 11 is 0. The number of pyridine rings is 6. The minimum Gasteiger partial charge on any atom is -0.260 e. The smallest absolute Gasteiger partial charge is 0.0705 e. The summed E-state index contributed by atoms with van der Waals surface area (Å²) in [4.78, 5) is 28.5. The molecule has 0 amide bonds. The summed E-state index contributed by atoms with van der Waals surface area (Å²) < 4.78 is 0. The number of hydrogen-bond donors (Lipinski definition) is 0. The van der Waals surface area contributed by atoms with E-state index in [0.717, 1.165) is 60.8 Å². The van der Waals surface area contributed by atoms with Crippen LogP contribution in [0.2, 0.25) is 0 Å². The van der Waals surface area contributed by atoms with E-state index in [1.54, 1.807) is 0 Å². The lowest BCUT2D eigenvalue weighted by molar-refractivity contribution is 1.06. The van der Waals surface area contributed by atoms with E-state index in [0.29, 0.717) is 0 Å². The van der Waals surface area contributed by atoms with Gasteiger partial charge in [0.15, 0.2) is 0 Å². The maximum atomic E-state index is 4.87. The molecule has 6 nitrogen and oxygen atoms in total. The van der Waals surface area contributed by atoms with Crippen LogP contribution in [0.15, 0.2) is 152 Å². The molecule has 9 aromatic carbocycles. The van der Waals surface area contributed by atoms with Crippen molar-refractivity contribution in [3.05, 3.63) is 348 Å². The van der Waals surface area contributed by atoms with E-state index < -0.39 is 0 Å². The second-order valence-electron chi connectivity index (χ2n) is 33.6. The fraction of sp³-hybridized carbons (Fsp3) is 0.271. The third-order valence-corrected chi connectivity index (χ3v) is 27.3. The van der Waals surface area contributed by atoms with Crippen LogP contribution in [0.4, 0.5) is 0 Å². The van der Waals surface area contributed by atoms with Gasteiger partial charge in [-0.2, -0.15) is 0 Å². The number of para-hydroxylation sites is 3. The number of fused-ring (bicyclic) bond motifs is 21. The summed E-state index contributed by atoms with van der Waals surface area (Å²) in [5, 5.41) is 3.69. The molecule has 0 unspecified atom stereocenters. The van der Waals surface area contributed by atoms with Gasteiger partial charge in [-0.3, -0.25) is 29.9 Å². The van der Waals surface area contributed by atoms with Crippen LogP contribution < -0.4 is 0 Å². The summed E-state index contributed by atoms with van der Waals surface area (Å²) in [6, 6.07) is 50.1. The van der Waals surface area contributed by atoms with Gasteiger partial charge in [0.05, 0.1) is 50.7 Å². The molecule has 6 heteroatoms. The fourth-order valence-corrected chi connectivity index (χ4v) is 19.1. The van der Waals surface area contributed by atoms with Gasteiger partial charge < -0.3 is 0 Å². The Morgan fingerprint density at radius 1 is 0.221 bits per heavy atom. The van der Waals surface area contributed by atoms with Crippen LogP contribution in [0.3, 0.4) is 0 Å². The van der Waals surface area contributed by atoms with E-state index in [-0.39, 0.29) is 0 Å². The van der Waals surface area contributed by atoms with Crippen molar-refractivity contribution in [3.63, 3.8) is 0 Å². The minimum atomic E-state index is 0.969. The first-order valence-corrected chi connectivity index (χ1v) is 40.7. The van der Waals surface area contributed by atoms with Crippen LogP contribution >= 0.6 is 0 Å². The molecular weight excluding hydrogens is 1370 g/mol. The molecule has 0 fully saturated rings. The number of aromatic nitrogens is 6. The first-order valence-electron chi connectivity index (χ1n) is 40.7. The van der Waals surface area contributed by atoms with Crippen LogP contribution in [0.1, 0.15) is 196 Å². The maximum Gasteiger partial charge on any atom is 0.0705 e. The topological polar surface area (TPSA) is 77.3 Å². The van der Waals surface area contributed by atoms with Gasteiger partial charge in [0.25, 0.3) is 0 Å². The fourth-order valence-electron chi connectivity index (χ4n) is 19.1. The molecule has 0 saturated heterocycles. The summed E-state index contributed by atoms with van der Waals surface area (Å²) in [5.74, 6) is 0. The van der Waals surface area contributed by atoms with E-state index in [2.05, 4.69) is 309 Å². The number of rotatable bonds is 0. The minimum absolute atomic E-state index is 0.969. The molecule has 0 bridgehead atoms. The predicted octanol–water partition coefficient (Wildman–Crippen LogP) is 26.5. The van der Waals surface area contributed by atoms with E-state index in [1.807, 2.05) is 12.4 Å².